The second kappa shape index (κ2) is 7.24. The summed E-state index contributed by atoms with van der Waals surface area (Å²) in [6, 6.07) is 5.32. The number of piperazine rings is 1. The quantitative estimate of drug-likeness (QED) is 0.741. The van der Waals surface area contributed by atoms with Gasteiger partial charge in [-0.3, -0.25) is 4.90 Å². The lowest BCUT2D eigenvalue weighted by molar-refractivity contribution is 0.145. The third-order valence-corrected chi connectivity index (χ3v) is 7.61. The van der Waals surface area contributed by atoms with Crippen molar-refractivity contribution in [3.63, 3.8) is 0 Å². The second-order valence-electron chi connectivity index (χ2n) is 6.30. The van der Waals surface area contributed by atoms with Gasteiger partial charge in [-0.15, -0.1) is 0 Å². The Morgan fingerprint density at radius 1 is 1.12 bits per heavy atom. The molecule has 6 nitrogen and oxygen atoms in total. The number of aryl methyl sites for hydroxylation is 3. The van der Waals surface area contributed by atoms with Gasteiger partial charge in [0, 0.05) is 26.2 Å². The molecule has 0 spiro atoms. The van der Waals surface area contributed by atoms with Crippen LogP contribution >= 0.6 is 23.6 Å². The first-order chi connectivity index (χ1) is 11.8. The molecule has 9 heteroatoms. The summed E-state index contributed by atoms with van der Waals surface area (Å²) in [5.74, 6) is 0. The molecule has 0 aliphatic carbocycles. The molecule has 0 unspecified atom stereocenters. The van der Waals surface area contributed by atoms with Crippen LogP contribution in [0.25, 0.3) is 0 Å². The number of aromatic nitrogens is 2. The summed E-state index contributed by atoms with van der Waals surface area (Å²) in [5.41, 5.74) is 2.09. The minimum absolute atomic E-state index is 0.376. The maximum Gasteiger partial charge on any atom is 0.243 e. The van der Waals surface area contributed by atoms with E-state index in [1.54, 1.807) is 16.4 Å². The summed E-state index contributed by atoms with van der Waals surface area (Å²) in [4.78, 5) is 2.56. The number of sulfonamides is 1. The molecule has 0 amide bonds. The average Bonchev–Trinajstić information content (AvgIpc) is 2.88. The van der Waals surface area contributed by atoms with E-state index in [0.717, 1.165) is 20.1 Å². The lowest BCUT2D eigenvalue weighted by atomic mass is 10.1. The van der Waals surface area contributed by atoms with Crippen LogP contribution in [0.15, 0.2) is 23.1 Å². The minimum atomic E-state index is -3.44. The van der Waals surface area contributed by atoms with Gasteiger partial charge in [0.25, 0.3) is 0 Å². The fourth-order valence-electron chi connectivity index (χ4n) is 2.82. The Bertz CT molecular complexity index is 925. The van der Waals surface area contributed by atoms with Crippen molar-refractivity contribution < 1.29 is 8.42 Å². The molecule has 1 fully saturated rings. The molecular formula is C16H22N4O2S3. The first kappa shape index (κ1) is 18.7. The fourth-order valence-corrected chi connectivity index (χ4v) is 5.39. The van der Waals surface area contributed by atoms with E-state index in [0.29, 0.717) is 37.7 Å². The predicted octanol–water partition coefficient (Wildman–Crippen LogP) is 2.56. The van der Waals surface area contributed by atoms with Crippen LogP contribution in [-0.4, -0.2) is 53.6 Å². The molecule has 0 saturated carbocycles. The SMILES string of the molecule is Cc1nn(CN2CCN(S(=O)(=O)c3ccc(C)c(C)c3)CC2)c(=S)s1. The van der Waals surface area contributed by atoms with E-state index in [1.807, 2.05) is 31.5 Å². The van der Waals surface area contributed by atoms with Crippen molar-refractivity contribution >= 4 is 33.6 Å². The molecule has 2 heterocycles. The van der Waals surface area contributed by atoms with Gasteiger partial charge in [0.2, 0.25) is 10.0 Å². The summed E-state index contributed by atoms with van der Waals surface area (Å²) < 4.78 is 29.8. The van der Waals surface area contributed by atoms with Crippen molar-refractivity contribution in [2.45, 2.75) is 32.3 Å². The van der Waals surface area contributed by atoms with E-state index in [4.69, 9.17) is 12.2 Å². The zero-order valence-corrected chi connectivity index (χ0v) is 17.0. The Morgan fingerprint density at radius 3 is 2.36 bits per heavy atom. The highest BCUT2D eigenvalue weighted by atomic mass is 32.2. The summed E-state index contributed by atoms with van der Waals surface area (Å²) in [6.45, 7) is 8.76. The van der Waals surface area contributed by atoms with Crippen molar-refractivity contribution in [2.75, 3.05) is 26.2 Å². The molecule has 1 saturated heterocycles. The Hall–Kier alpha value is -1.13. The highest BCUT2D eigenvalue weighted by Gasteiger charge is 2.28. The van der Waals surface area contributed by atoms with Crippen molar-refractivity contribution in [1.29, 1.82) is 0 Å². The number of hydrogen-bond acceptors (Lipinski definition) is 6. The Kier molecular flexibility index (Phi) is 5.40. The van der Waals surface area contributed by atoms with Crippen molar-refractivity contribution in [1.82, 2.24) is 19.0 Å². The maximum atomic E-state index is 12.8. The van der Waals surface area contributed by atoms with Crippen LogP contribution in [0.5, 0.6) is 0 Å². The van der Waals surface area contributed by atoms with E-state index in [9.17, 15) is 8.42 Å². The second-order valence-corrected chi connectivity index (χ2v) is 10.1. The van der Waals surface area contributed by atoms with Crippen molar-refractivity contribution in [3.05, 3.63) is 38.3 Å². The van der Waals surface area contributed by atoms with Crippen LogP contribution < -0.4 is 0 Å². The zero-order chi connectivity index (χ0) is 18.2. The molecule has 25 heavy (non-hydrogen) atoms. The van der Waals surface area contributed by atoms with E-state index < -0.39 is 10.0 Å². The molecule has 1 aliphatic heterocycles. The van der Waals surface area contributed by atoms with E-state index in [1.165, 1.54) is 11.3 Å². The van der Waals surface area contributed by atoms with Crippen LogP contribution in [0.3, 0.4) is 0 Å². The lowest BCUT2D eigenvalue weighted by Crippen LogP contribution is -2.48. The number of hydrogen-bond donors (Lipinski definition) is 0. The number of benzene rings is 1. The Labute approximate surface area is 157 Å². The van der Waals surface area contributed by atoms with Gasteiger partial charge in [-0.05, 0) is 56.2 Å². The molecule has 0 atom stereocenters. The number of nitrogens with zero attached hydrogens (tertiary/aromatic N) is 4. The smallest absolute Gasteiger partial charge is 0.243 e. The maximum absolute atomic E-state index is 12.8. The van der Waals surface area contributed by atoms with Gasteiger partial charge in [-0.25, -0.2) is 13.1 Å². The molecule has 0 bridgehead atoms. The van der Waals surface area contributed by atoms with E-state index in [2.05, 4.69) is 10.00 Å². The largest absolute Gasteiger partial charge is 0.282 e. The van der Waals surface area contributed by atoms with Crippen LogP contribution in [0.1, 0.15) is 16.1 Å². The molecule has 1 aromatic carbocycles. The Balaban J connectivity index is 1.67. The highest BCUT2D eigenvalue weighted by Crippen LogP contribution is 2.20. The highest BCUT2D eigenvalue weighted by molar-refractivity contribution is 7.89. The van der Waals surface area contributed by atoms with Gasteiger partial charge < -0.3 is 0 Å². The number of rotatable bonds is 4. The zero-order valence-electron chi connectivity index (χ0n) is 14.6. The molecule has 1 aromatic heterocycles. The molecule has 136 valence electrons. The monoisotopic (exact) mass is 398 g/mol. The van der Waals surface area contributed by atoms with Gasteiger partial charge in [-0.1, -0.05) is 17.4 Å². The molecule has 1 aliphatic rings. The molecule has 2 aromatic rings. The van der Waals surface area contributed by atoms with Gasteiger partial charge in [0.1, 0.15) is 5.01 Å². The third-order valence-electron chi connectivity index (χ3n) is 4.49. The van der Waals surface area contributed by atoms with Crippen LogP contribution in [0.2, 0.25) is 0 Å². The summed E-state index contributed by atoms with van der Waals surface area (Å²) >= 11 is 6.79. The van der Waals surface area contributed by atoms with Crippen LogP contribution in [0.4, 0.5) is 0 Å². The molecule has 3 rings (SSSR count). The first-order valence-corrected chi connectivity index (χ1v) is 10.8. The fraction of sp³-hybridized carbons (Fsp3) is 0.500. The van der Waals surface area contributed by atoms with Gasteiger partial charge in [0.05, 0.1) is 11.6 Å². The minimum Gasteiger partial charge on any atom is -0.282 e. The van der Waals surface area contributed by atoms with Gasteiger partial charge >= 0.3 is 0 Å². The lowest BCUT2D eigenvalue weighted by Gasteiger charge is -2.33. The third kappa shape index (κ3) is 4.01. The standard InChI is InChI=1S/C16H22N4O2S3/c1-12-4-5-15(10-13(12)2)25(21,22)19-8-6-18(7-9-19)11-20-16(23)24-14(3)17-20/h4-5,10H,6-9,11H2,1-3H3. The Morgan fingerprint density at radius 2 is 1.80 bits per heavy atom. The molecule has 0 N–H and O–H groups in total. The van der Waals surface area contributed by atoms with E-state index in [-0.39, 0.29) is 0 Å². The van der Waals surface area contributed by atoms with Crippen LogP contribution in [0, 0.1) is 24.7 Å². The van der Waals surface area contributed by atoms with Crippen molar-refractivity contribution in [2.24, 2.45) is 0 Å². The summed E-state index contributed by atoms with van der Waals surface area (Å²) in [7, 11) is -3.44. The molecular weight excluding hydrogens is 376 g/mol. The average molecular weight is 399 g/mol. The van der Waals surface area contributed by atoms with Crippen molar-refractivity contribution in [3.8, 4) is 0 Å². The van der Waals surface area contributed by atoms with Gasteiger partial charge in [-0.2, -0.15) is 9.40 Å². The molecule has 0 radical (unpaired) electrons. The summed E-state index contributed by atoms with van der Waals surface area (Å²) in [6.07, 6.45) is 0. The normalized spacial score (nSPS) is 17.1. The van der Waals surface area contributed by atoms with E-state index >= 15 is 0 Å². The summed E-state index contributed by atoms with van der Waals surface area (Å²) in [5, 5.41) is 5.34. The predicted molar refractivity (Wildman–Crippen MR) is 102 cm³/mol. The first-order valence-electron chi connectivity index (χ1n) is 8.12. The topological polar surface area (TPSA) is 58.4 Å². The van der Waals surface area contributed by atoms with Gasteiger partial charge in [0.15, 0.2) is 3.95 Å². The van der Waals surface area contributed by atoms with Crippen LogP contribution in [-0.2, 0) is 16.7 Å².